The number of hydrogen-bond acceptors (Lipinski definition) is 4. The smallest absolute Gasteiger partial charge is 0.242 e. The molecule has 0 spiro atoms. The van der Waals surface area contributed by atoms with Crippen molar-refractivity contribution in [2.75, 3.05) is 0 Å². The van der Waals surface area contributed by atoms with E-state index in [-0.39, 0.29) is 17.0 Å². The van der Waals surface area contributed by atoms with E-state index in [2.05, 4.69) is 17.1 Å². The molecule has 0 aliphatic carbocycles. The molecule has 1 atom stereocenters. The summed E-state index contributed by atoms with van der Waals surface area (Å²) in [6.07, 6.45) is 4.53. The van der Waals surface area contributed by atoms with Crippen LogP contribution in [0.25, 0.3) is 0 Å². The summed E-state index contributed by atoms with van der Waals surface area (Å²) in [5.41, 5.74) is 1.81. The zero-order chi connectivity index (χ0) is 19.1. The topological polar surface area (TPSA) is 45.0 Å². The largest absolute Gasteiger partial charge is 0.284 e. The standard InChI is InChI=1S/C21H22FN3OS/c1-2-3-9-19-20(26)25(15-17-10-12-18(22)13-11-17)21(27-19)24-23-14-16-7-5-4-6-8-16/h4-8,10-14,19H,2-3,9,15H2,1H3/b23-14+,24-21+. The molecule has 6 heteroatoms. The normalized spacial score (nSPS) is 18.7. The zero-order valence-electron chi connectivity index (χ0n) is 15.2. The average molecular weight is 383 g/mol. The SMILES string of the molecule is CCCCC1S/C(=N/N=C/c2ccccc2)N(Cc2ccc(F)cc2)C1=O. The van der Waals surface area contributed by atoms with Gasteiger partial charge in [0, 0.05) is 0 Å². The number of nitrogens with zero attached hydrogens (tertiary/aromatic N) is 3. The summed E-state index contributed by atoms with van der Waals surface area (Å²) in [5, 5.41) is 8.94. The van der Waals surface area contributed by atoms with Crippen LogP contribution in [0.1, 0.15) is 37.3 Å². The summed E-state index contributed by atoms with van der Waals surface area (Å²) in [6.45, 7) is 2.48. The lowest BCUT2D eigenvalue weighted by atomic mass is 10.1. The third kappa shape index (κ3) is 5.26. The van der Waals surface area contributed by atoms with E-state index in [1.807, 2.05) is 30.3 Å². The Morgan fingerprint density at radius 2 is 1.89 bits per heavy atom. The second-order valence-electron chi connectivity index (χ2n) is 6.34. The molecule has 1 amide bonds. The molecule has 0 bridgehead atoms. The third-order valence-electron chi connectivity index (χ3n) is 4.24. The van der Waals surface area contributed by atoms with Gasteiger partial charge in [-0.25, -0.2) is 4.39 Å². The van der Waals surface area contributed by atoms with Crippen molar-refractivity contribution in [2.45, 2.75) is 38.0 Å². The first-order valence-electron chi connectivity index (χ1n) is 9.06. The number of benzene rings is 2. The van der Waals surface area contributed by atoms with Crippen LogP contribution in [0.3, 0.4) is 0 Å². The molecule has 27 heavy (non-hydrogen) atoms. The van der Waals surface area contributed by atoms with Crippen molar-refractivity contribution in [3.8, 4) is 0 Å². The lowest BCUT2D eigenvalue weighted by molar-refractivity contribution is -0.126. The molecule has 0 N–H and O–H groups in total. The molecular formula is C21H22FN3OS. The molecule has 1 unspecified atom stereocenters. The summed E-state index contributed by atoms with van der Waals surface area (Å²) in [4.78, 5) is 14.5. The fourth-order valence-corrected chi connectivity index (χ4v) is 3.90. The van der Waals surface area contributed by atoms with E-state index in [0.717, 1.165) is 30.4 Å². The van der Waals surface area contributed by atoms with Crippen LogP contribution in [0.15, 0.2) is 64.8 Å². The summed E-state index contributed by atoms with van der Waals surface area (Å²) >= 11 is 1.46. The van der Waals surface area contributed by atoms with Crippen LogP contribution in [0.2, 0.25) is 0 Å². The Morgan fingerprint density at radius 3 is 2.59 bits per heavy atom. The molecule has 1 heterocycles. The maximum atomic E-state index is 13.2. The summed E-state index contributed by atoms with van der Waals surface area (Å²) in [7, 11) is 0. The second-order valence-corrected chi connectivity index (χ2v) is 7.51. The minimum Gasteiger partial charge on any atom is -0.284 e. The number of amides is 1. The maximum absolute atomic E-state index is 13.2. The third-order valence-corrected chi connectivity index (χ3v) is 5.48. The highest BCUT2D eigenvalue weighted by Gasteiger charge is 2.37. The van der Waals surface area contributed by atoms with Crippen molar-refractivity contribution in [2.24, 2.45) is 10.2 Å². The average Bonchev–Trinajstić information content (AvgIpc) is 2.98. The van der Waals surface area contributed by atoms with Crippen molar-refractivity contribution in [1.29, 1.82) is 0 Å². The van der Waals surface area contributed by atoms with Crippen LogP contribution in [-0.2, 0) is 11.3 Å². The fraction of sp³-hybridized carbons (Fsp3) is 0.286. The van der Waals surface area contributed by atoms with Gasteiger partial charge in [0.25, 0.3) is 0 Å². The number of amidine groups is 1. The van der Waals surface area contributed by atoms with Crippen LogP contribution < -0.4 is 0 Å². The molecule has 2 aromatic rings. The molecule has 140 valence electrons. The number of carbonyl (C=O) groups is 1. The number of carbonyl (C=O) groups excluding carboxylic acids is 1. The van der Waals surface area contributed by atoms with Gasteiger partial charge in [0.1, 0.15) is 5.82 Å². The molecule has 3 rings (SSSR count). The Morgan fingerprint density at radius 1 is 1.15 bits per heavy atom. The number of thioether (sulfide) groups is 1. The second kappa shape index (κ2) is 9.46. The molecule has 2 aromatic carbocycles. The van der Waals surface area contributed by atoms with Crippen LogP contribution in [0, 0.1) is 5.82 Å². The van der Waals surface area contributed by atoms with E-state index in [1.165, 1.54) is 23.9 Å². The number of halogens is 1. The first kappa shape index (κ1) is 19.3. The van der Waals surface area contributed by atoms with Gasteiger partial charge in [0.05, 0.1) is 18.0 Å². The van der Waals surface area contributed by atoms with Crippen molar-refractivity contribution in [3.05, 3.63) is 71.5 Å². The highest BCUT2D eigenvalue weighted by atomic mass is 32.2. The maximum Gasteiger partial charge on any atom is 0.242 e. The van der Waals surface area contributed by atoms with E-state index in [0.29, 0.717) is 11.7 Å². The Hall–Kier alpha value is -2.47. The van der Waals surface area contributed by atoms with Crippen LogP contribution >= 0.6 is 11.8 Å². The van der Waals surface area contributed by atoms with E-state index in [4.69, 9.17) is 0 Å². The molecule has 1 aliphatic heterocycles. The van der Waals surface area contributed by atoms with Gasteiger partial charge in [-0.2, -0.15) is 5.10 Å². The lowest BCUT2D eigenvalue weighted by Crippen LogP contribution is -2.31. The van der Waals surface area contributed by atoms with E-state index in [1.54, 1.807) is 23.2 Å². The van der Waals surface area contributed by atoms with E-state index in [9.17, 15) is 9.18 Å². The Bertz CT molecular complexity index is 821. The van der Waals surface area contributed by atoms with E-state index >= 15 is 0 Å². The molecule has 4 nitrogen and oxygen atoms in total. The predicted molar refractivity (Wildman–Crippen MR) is 109 cm³/mol. The van der Waals surface area contributed by atoms with Crippen molar-refractivity contribution in [3.63, 3.8) is 0 Å². The molecule has 1 aliphatic rings. The highest BCUT2D eigenvalue weighted by Crippen LogP contribution is 2.32. The van der Waals surface area contributed by atoms with Gasteiger partial charge in [0.2, 0.25) is 5.91 Å². The summed E-state index contributed by atoms with van der Waals surface area (Å²) in [5.74, 6) is -0.241. The molecule has 1 saturated heterocycles. The van der Waals surface area contributed by atoms with Crippen LogP contribution in [-0.4, -0.2) is 27.4 Å². The minimum atomic E-state index is -0.289. The van der Waals surface area contributed by atoms with Gasteiger partial charge in [-0.05, 0) is 29.7 Å². The quantitative estimate of drug-likeness (QED) is 0.507. The fourth-order valence-electron chi connectivity index (χ4n) is 2.76. The highest BCUT2D eigenvalue weighted by molar-refractivity contribution is 8.15. The van der Waals surface area contributed by atoms with Crippen LogP contribution in [0.4, 0.5) is 4.39 Å². The molecule has 0 radical (unpaired) electrons. The van der Waals surface area contributed by atoms with Crippen molar-refractivity contribution < 1.29 is 9.18 Å². The van der Waals surface area contributed by atoms with Crippen molar-refractivity contribution in [1.82, 2.24) is 4.90 Å². The number of rotatable bonds is 7. The van der Waals surface area contributed by atoms with Gasteiger partial charge in [-0.15, -0.1) is 5.10 Å². The summed E-state index contributed by atoms with van der Waals surface area (Å²) in [6, 6.07) is 15.9. The first-order valence-corrected chi connectivity index (χ1v) is 9.94. The van der Waals surface area contributed by atoms with Crippen molar-refractivity contribution >= 4 is 29.1 Å². The van der Waals surface area contributed by atoms with Gasteiger partial charge in [-0.3, -0.25) is 9.69 Å². The molecular weight excluding hydrogens is 361 g/mol. The van der Waals surface area contributed by atoms with E-state index < -0.39 is 0 Å². The Labute approximate surface area is 163 Å². The number of unbranched alkanes of at least 4 members (excludes halogenated alkanes) is 1. The zero-order valence-corrected chi connectivity index (χ0v) is 16.0. The lowest BCUT2D eigenvalue weighted by Gasteiger charge is -2.15. The van der Waals surface area contributed by atoms with Gasteiger partial charge < -0.3 is 0 Å². The summed E-state index contributed by atoms with van der Waals surface area (Å²) < 4.78 is 13.2. The predicted octanol–water partition coefficient (Wildman–Crippen LogP) is 4.85. The van der Waals surface area contributed by atoms with Crippen LogP contribution in [0.5, 0.6) is 0 Å². The Kier molecular flexibility index (Phi) is 6.76. The monoisotopic (exact) mass is 383 g/mol. The molecule has 0 aromatic heterocycles. The minimum absolute atomic E-state index is 0.0476. The number of hydrogen-bond donors (Lipinski definition) is 0. The first-order chi connectivity index (χ1) is 13.2. The van der Waals surface area contributed by atoms with Gasteiger partial charge in [0.15, 0.2) is 5.17 Å². The molecule has 0 saturated carbocycles. The van der Waals surface area contributed by atoms with Gasteiger partial charge in [-0.1, -0.05) is 74.0 Å². The Balaban J connectivity index is 1.78. The van der Waals surface area contributed by atoms with Gasteiger partial charge >= 0.3 is 0 Å². The molecule has 1 fully saturated rings.